The molecule has 9 atom stereocenters. The standard InChI is InChI=1S/C56H101N25O14/c1-81(41(15-9-27-72-56(67)68)50(92)77-36(13-7-25-70-54(63)64)47(89)76-37(20-21-42(60)84)49(91)79-39(52(94)95)14-8-26-71-55(65)66)51(93)38(11-3-5-23-58)78-48(90)35(10-2-4-22-57)75-46(88)34(12-6-24-69-53(61)62)74-43(85)29-73-45(87)40(80-44(86)33(59)30-82)28-31-16-18-32(83)19-17-31/h16-19,33-41,82-83H,2-15,20-30,57-59H2,1H3,(H2,60,84)(H,73,87)(H,74,85)(H,75,88)(H,76,89)(H,77,92)(H,78,90)(H,79,91)(H,80,86)(H,94,95)(H4,61,62,69)(H4,63,64,70)(H4,65,66,71)(H4,67,68,72)/t33-,34-,35-,36-,37-,38-,39-,40-,41-/m0/s1. The maximum absolute atomic E-state index is 14.9. The van der Waals surface area contributed by atoms with Gasteiger partial charge in [0.25, 0.3) is 0 Å². The average molecular weight is 1350 g/mol. The number of guanidine groups is 4. The van der Waals surface area contributed by atoms with Gasteiger partial charge < -0.3 is 132 Å². The zero-order valence-electron chi connectivity index (χ0n) is 53.7. The topological polar surface area (TPSA) is 710 Å². The number of phenols is 1. The van der Waals surface area contributed by atoms with Crippen molar-refractivity contribution >= 4 is 88.9 Å². The van der Waals surface area contributed by atoms with Gasteiger partial charge in [-0.2, -0.15) is 0 Å². The van der Waals surface area contributed by atoms with Crippen LogP contribution in [-0.2, 0) is 59.2 Å². The van der Waals surface area contributed by atoms with E-state index in [1.807, 2.05) is 0 Å². The number of phenolic OH excluding ortho intramolecular Hbond substituents is 1. The van der Waals surface area contributed by atoms with Crippen LogP contribution in [0.25, 0.3) is 0 Å². The Hall–Kier alpha value is -9.89. The number of hydrogen-bond acceptors (Lipinski definition) is 20. The predicted molar refractivity (Wildman–Crippen MR) is 351 cm³/mol. The minimum atomic E-state index is -1.60. The van der Waals surface area contributed by atoms with Gasteiger partial charge >= 0.3 is 5.97 Å². The summed E-state index contributed by atoms with van der Waals surface area (Å²) in [5.41, 5.74) is 67.3. The Morgan fingerprint density at radius 2 is 0.842 bits per heavy atom. The van der Waals surface area contributed by atoms with Crippen molar-refractivity contribution < 1.29 is 68.1 Å². The molecule has 0 aromatic heterocycles. The molecule has 0 saturated carbocycles. The lowest BCUT2D eigenvalue weighted by atomic mass is 10.0. The summed E-state index contributed by atoms with van der Waals surface area (Å²) < 4.78 is 0. The first kappa shape index (κ1) is 83.1. The molecule has 0 heterocycles. The predicted octanol–water partition coefficient (Wildman–Crippen LogP) is -9.59. The largest absolute Gasteiger partial charge is 0.508 e. The van der Waals surface area contributed by atoms with E-state index in [9.17, 15) is 68.1 Å². The number of amides is 10. The molecule has 1 aromatic rings. The van der Waals surface area contributed by atoms with E-state index in [0.717, 1.165) is 4.90 Å². The van der Waals surface area contributed by atoms with E-state index in [0.29, 0.717) is 18.4 Å². The van der Waals surface area contributed by atoms with Crippen LogP contribution in [0.1, 0.15) is 108 Å². The van der Waals surface area contributed by atoms with Gasteiger partial charge in [-0.15, -0.1) is 0 Å². The number of primary amides is 1. The number of aromatic hydroxyl groups is 1. The van der Waals surface area contributed by atoms with Gasteiger partial charge in [0.05, 0.1) is 13.2 Å². The summed E-state index contributed by atoms with van der Waals surface area (Å²) in [6.45, 7) is -1.22. The smallest absolute Gasteiger partial charge is 0.326 e. The molecule has 0 saturated heterocycles. The Labute approximate surface area is 550 Å². The second-order valence-electron chi connectivity index (χ2n) is 22.0. The second-order valence-corrected chi connectivity index (χ2v) is 22.0. The second kappa shape index (κ2) is 46.2. The van der Waals surface area contributed by atoms with Crippen LogP contribution in [0.2, 0.25) is 0 Å². The summed E-state index contributed by atoms with van der Waals surface area (Å²) in [7, 11) is 1.26. The van der Waals surface area contributed by atoms with Crippen LogP contribution in [0.5, 0.6) is 5.75 Å². The monoisotopic (exact) mass is 1350 g/mol. The number of aliphatic carboxylic acids is 1. The lowest BCUT2D eigenvalue weighted by molar-refractivity contribution is -0.143. The van der Waals surface area contributed by atoms with Crippen molar-refractivity contribution in [2.75, 3.05) is 59.5 Å². The third-order valence-electron chi connectivity index (χ3n) is 14.2. The summed E-state index contributed by atoms with van der Waals surface area (Å²) in [5, 5.41) is 49.4. The Morgan fingerprint density at radius 3 is 1.27 bits per heavy atom. The number of rotatable bonds is 49. The van der Waals surface area contributed by atoms with Crippen LogP contribution in [0.15, 0.2) is 44.2 Å². The van der Waals surface area contributed by atoms with Crippen molar-refractivity contribution in [1.29, 1.82) is 0 Å². The molecule has 95 heavy (non-hydrogen) atoms. The summed E-state index contributed by atoms with van der Waals surface area (Å²) in [6.07, 6.45) is -0.251. The van der Waals surface area contributed by atoms with Crippen LogP contribution >= 0.6 is 0 Å². The number of benzene rings is 1. The number of aliphatic hydroxyl groups excluding tert-OH is 1. The zero-order valence-corrected chi connectivity index (χ0v) is 53.7. The van der Waals surface area contributed by atoms with Gasteiger partial charge in [0.1, 0.15) is 60.1 Å². The molecule has 0 aliphatic rings. The van der Waals surface area contributed by atoms with Crippen molar-refractivity contribution in [3.63, 3.8) is 0 Å². The molecule has 0 fully saturated rings. The number of nitrogens with one attached hydrogen (secondary N) is 8. The molecule has 39 heteroatoms. The molecule has 0 aliphatic carbocycles. The number of hydrogen-bond donors (Lipinski definition) is 23. The number of nitrogens with zero attached hydrogens (tertiary/aromatic N) is 5. The Balaban J connectivity index is 3.78. The lowest BCUT2D eigenvalue weighted by Gasteiger charge is -2.33. The molecule has 1 rings (SSSR count). The van der Waals surface area contributed by atoms with Crippen LogP contribution < -0.4 is 111 Å². The number of carboxylic acid groups (broad SMARTS) is 1. The number of nitrogens with two attached hydrogens (primary N) is 12. The fourth-order valence-electron chi connectivity index (χ4n) is 9.10. The van der Waals surface area contributed by atoms with E-state index in [1.165, 1.54) is 31.3 Å². The molecule has 39 nitrogen and oxygen atoms in total. The van der Waals surface area contributed by atoms with Gasteiger partial charge in [-0.1, -0.05) is 12.1 Å². The molecule has 0 spiro atoms. The molecule has 10 amide bonds. The summed E-state index contributed by atoms with van der Waals surface area (Å²) in [5.74, 6) is -11.7. The maximum Gasteiger partial charge on any atom is 0.326 e. The molecule has 534 valence electrons. The fraction of sp³-hybridized carbons (Fsp3) is 0.625. The van der Waals surface area contributed by atoms with Gasteiger partial charge in [0.2, 0.25) is 59.1 Å². The van der Waals surface area contributed by atoms with Crippen molar-refractivity contribution in [3.05, 3.63) is 29.8 Å². The summed E-state index contributed by atoms with van der Waals surface area (Å²) in [6, 6.07) is -7.42. The first-order chi connectivity index (χ1) is 44.9. The fourth-order valence-corrected chi connectivity index (χ4v) is 9.10. The Bertz CT molecular complexity index is 2760. The van der Waals surface area contributed by atoms with Crippen molar-refractivity contribution in [3.8, 4) is 5.75 Å². The summed E-state index contributed by atoms with van der Waals surface area (Å²) >= 11 is 0. The van der Waals surface area contributed by atoms with Gasteiger partial charge in [0, 0.05) is 46.1 Å². The van der Waals surface area contributed by atoms with E-state index in [-0.39, 0.29) is 152 Å². The van der Waals surface area contributed by atoms with Gasteiger partial charge in [-0.05, 0) is 127 Å². The Kier molecular flexibility index (Phi) is 40.4. The molecule has 1 aromatic carbocycles. The van der Waals surface area contributed by atoms with Crippen LogP contribution in [0.3, 0.4) is 0 Å². The highest BCUT2D eigenvalue weighted by Crippen LogP contribution is 2.16. The minimum absolute atomic E-state index is 0.00628. The van der Waals surface area contributed by atoms with E-state index >= 15 is 0 Å². The van der Waals surface area contributed by atoms with Crippen molar-refractivity contribution in [1.82, 2.24) is 47.4 Å². The summed E-state index contributed by atoms with van der Waals surface area (Å²) in [4.78, 5) is 168. The number of unbranched alkanes of at least 4 members (excludes halogenated alkanes) is 2. The van der Waals surface area contributed by atoms with E-state index in [2.05, 4.69) is 62.5 Å². The van der Waals surface area contributed by atoms with Crippen molar-refractivity contribution in [2.45, 2.75) is 164 Å². The molecule has 0 radical (unpaired) electrons. The number of aliphatic hydroxyl groups is 1. The highest BCUT2D eigenvalue weighted by atomic mass is 16.4. The maximum atomic E-state index is 14.9. The third-order valence-corrected chi connectivity index (χ3v) is 14.2. The molecule has 0 unspecified atom stereocenters. The normalized spacial score (nSPS) is 13.7. The number of carbonyl (C=O) groups excluding carboxylic acids is 10. The van der Waals surface area contributed by atoms with E-state index in [4.69, 9.17) is 68.8 Å². The first-order valence-corrected chi connectivity index (χ1v) is 30.9. The highest BCUT2D eigenvalue weighted by molar-refractivity contribution is 5.98. The molecule has 35 N–H and O–H groups in total. The minimum Gasteiger partial charge on any atom is -0.508 e. The van der Waals surface area contributed by atoms with Gasteiger partial charge in [-0.25, -0.2) is 4.79 Å². The SMILES string of the molecule is CN(C(=O)[C@H](CCCCN)NC(=O)[C@H](CCCCN)NC(=O)[C@H](CCCN=C(N)N)NC(=O)CNC(=O)[C@H](Cc1ccc(O)cc1)NC(=O)[C@@H](N)CO)[C@@H](CCCN=C(N)N)C(=O)N[C@@H](CCCN=C(N)N)C(=O)N[C@@H](CCC(N)=O)C(=O)N[C@@H](CCCN=C(N)N)C(=O)O. The molecular formula is C56H101N25O14. The third kappa shape index (κ3) is 35.7. The number of carbonyl (C=O) groups is 11. The van der Waals surface area contributed by atoms with Crippen LogP contribution in [-0.4, -0.2) is 223 Å². The molecule has 0 bridgehead atoms. The lowest BCUT2D eigenvalue weighted by Crippen LogP contribution is -2.60. The highest BCUT2D eigenvalue weighted by Gasteiger charge is 2.37. The molecular weight excluding hydrogens is 1250 g/mol. The number of aliphatic imine (C=N–C) groups is 4. The van der Waals surface area contributed by atoms with E-state index in [1.54, 1.807) is 0 Å². The Morgan fingerprint density at radius 1 is 0.463 bits per heavy atom. The van der Waals surface area contributed by atoms with Crippen LogP contribution in [0.4, 0.5) is 0 Å². The zero-order chi connectivity index (χ0) is 71.6. The first-order valence-electron chi connectivity index (χ1n) is 30.9. The average Bonchev–Trinajstić information content (AvgIpc) is 0.899. The number of likely N-dealkylation sites (N-methyl/N-ethyl adjacent to an activating group) is 1. The van der Waals surface area contributed by atoms with Gasteiger partial charge in [-0.3, -0.25) is 67.9 Å². The van der Waals surface area contributed by atoms with E-state index < -0.39 is 145 Å². The molecule has 0 aliphatic heterocycles. The number of carboxylic acids is 1. The quantitative estimate of drug-likeness (QED) is 0.0164. The van der Waals surface area contributed by atoms with Crippen LogP contribution in [0, 0.1) is 0 Å². The van der Waals surface area contributed by atoms with Crippen molar-refractivity contribution in [2.24, 2.45) is 88.8 Å². The van der Waals surface area contributed by atoms with Gasteiger partial charge in [0.15, 0.2) is 23.8 Å².